The van der Waals surface area contributed by atoms with E-state index in [0.29, 0.717) is 22.2 Å². The molecule has 1 atom stereocenters. The highest BCUT2D eigenvalue weighted by atomic mass is 35.5. The lowest BCUT2D eigenvalue weighted by Gasteiger charge is -2.31. The molecule has 0 bridgehead atoms. The number of rotatable bonds is 11. The first-order valence-electron chi connectivity index (χ1n) is 11.1. The quantitative estimate of drug-likeness (QED) is 0.253. The molecule has 3 aromatic carbocycles. The Morgan fingerprint density at radius 2 is 1.64 bits per heavy atom. The smallest absolute Gasteiger partial charge is 0.269 e. The van der Waals surface area contributed by atoms with E-state index < -0.39 is 11.0 Å². The van der Waals surface area contributed by atoms with E-state index in [1.165, 1.54) is 23.9 Å². The summed E-state index contributed by atoms with van der Waals surface area (Å²) in [6.07, 6.45) is 0.348. The first-order valence-corrected chi connectivity index (χ1v) is 13.0. The molecular weight excluding hydrogens is 521 g/mol. The lowest BCUT2D eigenvalue weighted by Crippen LogP contribution is -2.50. The molecule has 0 fully saturated rings. The lowest BCUT2D eigenvalue weighted by molar-refractivity contribution is -0.384. The zero-order valence-electron chi connectivity index (χ0n) is 19.5. The van der Waals surface area contributed by atoms with Gasteiger partial charge in [-0.15, -0.1) is 11.8 Å². The number of carbonyl (C=O) groups is 2. The summed E-state index contributed by atoms with van der Waals surface area (Å²) in [5, 5.41) is 14.3. The van der Waals surface area contributed by atoms with Gasteiger partial charge in [0.05, 0.1) is 20.7 Å². The fraction of sp³-hybridized carbons (Fsp3) is 0.231. The van der Waals surface area contributed by atoms with Crippen molar-refractivity contribution in [2.45, 2.75) is 24.8 Å². The van der Waals surface area contributed by atoms with E-state index in [2.05, 4.69) is 5.32 Å². The summed E-state index contributed by atoms with van der Waals surface area (Å²) >= 11 is 13.6. The molecular formula is C26H25Cl2N3O4S. The molecule has 2 amide bonds. The number of nitrogens with one attached hydrogen (secondary N) is 1. The number of amides is 2. The van der Waals surface area contributed by atoms with Crippen LogP contribution in [0, 0.1) is 10.1 Å². The Hall–Kier alpha value is -3.07. The maximum absolute atomic E-state index is 13.5. The second-order valence-corrected chi connectivity index (χ2v) is 9.81. The number of hydrogen-bond acceptors (Lipinski definition) is 5. The molecule has 0 aliphatic carbocycles. The van der Waals surface area contributed by atoms with Crippen molar-refractivity contribution in [1.29, 1.82) is 0 Å². The van der Waals surface area contributed by atoms with Crippen LogP contribution in [0.25, 0.3) is 0 Å². The minimum atomic E-state index is -0.737. The molecule has 0 heterocycles. The summed E-state index contributed by atoms with van der Waals surface area (Å²) < 4.78 is 0. The molecule has 0 aliphatic heterocycles. The van der Waals surface area contributed by atoms with E-state index in [-0.39, 0.29) is 29.8 Å². The number of likely N-dealkylation sites (N-methyl/N-ethyl adjacent to an activating group) is 1. The summed E-state index contributed by atoms with van der Waals surface area (Å²) in [6.45, 7) is 0.179. The van der Waals surface area contributed by atoms with Crippen molar-refractivity contribution in [3.05, 3.63) is 110 Å². The molecule has 0 spiro atoms. The lowest BCUT2D eigenvalue weighted by atomic mass is 10.0. The molecule has 0 aromatic heterocycles. The number of nitro groups is 1. The number of benzene rings is 3. The first kappa shape index (κ1) is 27.5. The van der Waals surface area contributed by atoms with Crippen LogP contribution in [0.2, 0.25) is 10.0 Å². The summed E-state index contributed by atoms with van der Waals surface area (Å²) in [4.78, 5) is 38.4. The number of nitrogens with zero attached hydrogens (tertiary/aromatic N) is 2. The van der Waals surface area contributed by atoms with Gasteiger partial charge in [-0.25, -0.2) is 0 Å². The zero-order chi connectivity index (χ0) is 26.1. The molecule has 3 rings (SSSR count). The van der Waals surface area contributed by atoms with Gasteiger partial charge in [0.15, 0.2) is 0 Å². The molecule has 188 valence electrons. The van der Waals surface area contributed by atoms with E-state index in [1.807, 2.05) is 30.3 Å². The van der Waals surface area contributed by atoms with Gasteiger partial charge in [0.2, 0.25) is 11.8 Å². The Balaban J connectivity index is 1.80. The van der Waals surface area contributed by atoms with Crippen LogP contribution in [0.5, 0.6) is 0 Å². The van der Waals surface area contributed by atoms with E-state index in [4.69, 9.17) is 23.2 Å². The SMILES string of the molecule is CNC(=O)C(Cc1ccccc1)N(Cc1ccc(Cl)c(Cl)c1)C(=O)CSCc1ccc([N+](=O)[O-])cc1. The van der Waals surface area contributed by atoms with E-state index in [1.54, 1.807) is 42.3 Å². The van der Waals surface area contributed by atoms with Crippen LogP contribution >= 0.6 is 35.0 Å². The van der Waals surface area contributed by atoms with Crippen molar-refractivity contribution >= 4 is 52.5 Å². The second-order valence-electron chi connectivity index (χ2n) is 8.01. The summed E-state index contributed by atoms with van der Waals surface area (Å²) in [5.41, 5.74) is 2.56. The molecule has 7 nitrogen and oxygen atoms in total. The minimum Gasteiger partial charge on any atom is -0.357 e. The van der Waals surface area contributed by atoms with Crippen molar-refractivity contribution < 1.29 is 14.5 Å². The van der Waals surface area contributed by atoms with Crippen LogP contribution in [-0.4, -0.2) is 40.5 Å². The Morgan fingerprint density at radius 1 is 0.972 bits per heavy atom. The highest BCUT2D eigenvalue weighted by molar-refractivity contribution is 7.99. The third-order valence-corrected chi connectivity index (χ3v) is 7.22. The summed E-state index contributed by atoms with van der Waals surface area (Å²) in [6, 6.07) is 20.1. The molecule has 3 aromatic rings. The largest absolute Gasteiger partial charge is 0.357 e. The molecule has 36 heavy (non-hydrogen) atoms. The Labute approximate surface area is 223 Å². The molecule has 1 unspecified atom stereocenters. The fourth-order valence-corrected chi connectivity index (χ4v) is 4.80. The number of halogens is 2. The van der Waals surface area contributed by atoms with Gasteiger partial charge >= 0.3 is 0 Å². The second kappa shape index (κ2) is 13.3. The Bertz CT molecular complexity index is 1210. The zero-order valence-corrected chi connectivity index (χ0v) is 21.9. The molecule has 0 saturated heterocycles. The maximum atomic E-state index is 13.5. The van der Waals surface area contributed by atoms with Gasteiger partial charge in [0.25, 0.3) is 5.69 Å². The summed E-state index contributed by atoms with van der Waals surface area (Å²) in [5.74, 6) is 0.138. The average Bonchev–Trinajstić information content (AvgIpc) is 2.88. The number of nitro benzene ring substituents is 1. The highest BCUT2D eigenvalue weighted by Gasteiger charge is 2.29. The normalized spacial score (nSPS) is 11.5. The average molecular weight is 546 g/mol. The van der Waals surface area contributed by atoms with E-state index >= 15 is 0 Å². The Kier molecular flexibility index (Phi) is 10.2. The third-order valence-electron chi connectivity index (χ3n) is 5.50. The van der Waals surface area contributed by atoms with Gasteiger partial charge in [-0.3, -0.25) is 19.7 Å². The topological polar surface area (TPSA) is 92.6 Å². The van der Waals surface area contributed by atoms with Crippen LogP contribution in [0.4, 0.5) is 5.69 Å². The Morgan fingerprint density at radius 3 is 2.25 bits per heavy atom. The van der Waals surface area contributed by atoms with Gasteiger partial charge in [-0.2, -0.15) is 0 Å². The van der Waals surface area contributed by atoms with E-state index in [9.17, 15) is 19.7 Å². The van der Waals surface area contributed by atoms with Gasteiger partial charge < -0.3 is 10.2 Å². The minimum absolute atomic E-state index is 0.0157. The van der Waals surface area contributed by atoms with Crippen LogP contribution < -0.4 is 5.32 Å². The van der Waals surface area contributed by atoms with Crippen LogP contribution in [0.15, 0.2) is 72.8 Å². The number of thioether (sulfide) groups is 1. The summed E-state index contributed by atoms with van der Waals surface area (Å²) in [7, 11) is 1.55. The van der Waals surface area contributed by atoms with Gasteiger partial charge in [0.1, 0.15) is 6.04 Å². The standard InChI is InChI=1S/C26H25Cl2N3O4S/c1-29-26(33)24(14-18-5-3-2-4-6-18)30(15-20-9-12-22(27)23(28)13-20)25(32)17-36-16-19-7-10-21(11-8-19)31(34)35/h2-13,24H,14-17H2,1H3,(H,29,33). The van der Waals surface area contributed by atoms with Crippen molar-refractivity contribution in [1.82, 2.24) is 10.2 Å². The first-order chi connectivity index (χ1) is 17.3. The fourth-order valence-electron chi connectivity index (χ4n) is 3.61. The molecule has 0 radical (unpaired) electrons. The third kappa shape index (κ3) is 7.71. The monoisotopic (exact) mass is 545 g/mol. The van der Waals surface area contributed by atoms with Crippen molar-refractivity contribution in [3.8, 4) is 0 Å². The van der Waals surface area contributed by atoms with Crippen molar-refractivity contribution in [3.63, 3.8) is 0 Å². The van der Waals surface area contributed by atoms with Crippen molar-refractivity contribution in [2.24, 2.45) is 0 Å². The van der Waals surface area contributed by atoms with Crippen LogP contribution in [0.3, 0.4) is 0 Å². The molecule has 0 saturated carbocycles. The van der Waals surface area contributed by atoms with Gasteiger partial charge in [0, 0.05) is 37.9 Å². The number of carbonyl (C=O) groups excluding carboxylic acids is 2. The predicted molar refractivity (Wildman–Crippen MR) is 144 cm³/mol. The van der Waals surface area contributed by atoms with Crippen LogP contribution in [0.1, 0.15) is 16.7 Å². The van der Waals surface area contributed by atoms with Gasteiger partial charge in [-0.05, 0) is 28.8 Å². The van der Waals surface area contributed by atoms with Gasteiger partial charge in [-0.1, -0.05) is 71.7 Å². The highest BCUT2D eigenvalue weighted by Crippen LogP contribution is 2.25. The molecule has 1 N–H and O–H groups in total. The maximum Gasteiger partial charge on any atom is 0.269 e. The predicted octanol–water partition coefficient (Wildman–Crippen LogP) is 5.52. The number of hydrogen-bond donors (Lipinski definition) is 1. The van der Waals surface area contributed by atoms with Crippen molar-refractivity contribution in [2.75, 3.05) is 12.8 Å². The number of non-ortho nitro benzene ring substituents is 1. The van der Waals surface area contributed by atoms with E-state index in [0.717, 1.165) is 16.7 Å². The van der Waals surface area contributed by atoms with Crippen LogP contribution in [-0.2, 0) is 28.3 Å². The molecule has 10 heteroatoms. The molecule has 0 aliphatic rings.